The van der Waals surface area contributed by atoms with Crippen molar-refractivity contribution in [2.45, 2.75) is 44.9 Å². The van der Waals surface area contributed by atoms with Gasteiger partial charge in [-0.3, -0.25) is 9.69 Å². The Hall–Kier alpha value is -1.39. The molecule has 2 aliphatic heterocycles. The predicted molar refractivity (Wildman–Crippen MR) is 86.6 cm³/mol. The van der Waals surface area contributed by atoms with E-state index < -0.39 is 0 Å². The number of carbonyl (C=O) groups excluding carboxylic acids is 1. The number of nitrogens with one attached hydrogen (secondary N) is 1. The van der Waals surface area contributed by atoms with Crippen LogP contribution in [-0.4, -0.2) is 48.7 Å². The zero-order valence-electron chi connectivity index (χ0n) is 13.5. The van der Waals surface area contributed by atoms with Gasteiger partial charge in [-0.1, -0.05) is 30.3 Å². The number of amides is 1. The minimum Gasteiger partial charge on any atom is -0.371 e. The molecule has 3 rings (SSSR count). The molecule has 2 heterocycles. The van der Waals surface area contributed by atoms with Crippen LogP contribution < -0.4 is 5.32 Å². The second kappa shape index (κ2) is 6.80. The number of nitrogens with zero attached hydrogens (tertiary/aromatic N) is 1. The summed E-state index contributed by atoms with van der Waals surface area (Å²) in [6.45, 7) is 6.88. The molecule has 0 spiro atoms. The number of likely N-dealkylation sites (tertiary alicyclic amines) is 1. The topological polar surface area (TPSA) is 41.6 Å². The van der Waals surface area contributed by atoms with E-state index in [0.29, 0.717) is 0 Å². The fourth-order valence-electron chi connectivity index (χ4n) is 3.52. The van der Waals surface area contributed by atoms with Crippen molar-refractivity contribution in [2.75, 3.05) is 19.6 Å². The summed E-state index contributed by atoms with van der Waals surface area (Å²) >= 11 is 0. The molecule has 22 heavy (non-hydrogen) atoms. The van der Waals surface area contributed by atoms with Gasteiger partial charge in [-0.2, -0.15) is 0 Å². The number of hydrogen-bond donors (Lipinski definition) is 1. The van der Waals surface area contributed by atoms with E-state index in [4.69, 9.17) is 4.74 Å². The van der Waals surface area contributed by atoms with Crippen LogP contribution in [0.1, 0.15) is 25.8 Å². The molecular formula is C18H26N2O2. The molecule has 3 atom stereocenters. The molecule has 120 valence electrons. The number of carbonyl (C=O) groups is 1. The van der Waals surface area contributed by atoms with Gasteiger partial charge in [0.05, 0.1) is 18.1 Å². The molecule has 2 saturated heterocycles. The van der Waals surface area contributed by atoms with Crippen molar-refractivity contribution in [3.05, 3.63) is 35.9 Å². The highest BCUT2D eigenvalue weighted by molar-refractivity contribution is 5.80. The minimum absolute atomic E-state index is 0.0223. The van der Waals surface area contributed by atoms with Crippen molar-refractivity contribution >= 4 is 5.91 Å². The van der Waals surface area contributed by atoms with Crippen molar-refractivity contribution in [3.8, 4) is 0 Å². The van der Waals surface area contributed by atoms with Crippen molar-refractivity contribution in [2.24, 2.45) is 5.92 Å². The average Bonchev–Trinajstić information content (AvgIpc) is 2.80. The fraction of sp³-hybridized carbons (Fsp3) is 0.611. The number of rotatable bonds is 5. The summed E-state index contributed by atoms with van der Waals surface area (Å²) in [7, 11) is 0. The first-order chi connectivity index (χ1) is 10.6. The van der Waals surface area contributed by atoms with Crippen LogP contribution in [0.15, 0.2) is 30.3 Å². The molecular weight excluding hydrogens is 276 g/mol. The van der Waals surface area contributed by atoms with Gasteiger partial charge < -0.3 is 10.1 Å². The van der Waals surface area contributed by atoms with Crippen molar-refractivity contribution in [3.63, 3.8) is 0 Å². The monoisotopic (exact) mass is 302 g/mol. The first-order valence-electron chi connectivity index (χ1n) is 8.34. The molecule has 1 amide bonds. The van der Waals surface area contributed by atoms with E-state index in [0.717, 1.165) is 32.5 Å². The Bertz CT molecular complexity index is 503. The van der Waals surface area contributed by atoms with E-state index in [2.05, 4.69) is 40.5 Å². The predicted octanol–water partition coefficient (Wildman–Crippen LogP) is 1.84. The van der Waals surface area contributed by atoms with Crippen LogP contribution >= 0.6 is 0 Å². The van der Waals surface area contributed by atoms with E-state index >= 15 is 0 Å². The van der Waals surface area contributed by atoms with Gasteiger partial charge in [0.2, 0.25) is 5.91 Å². The van der Waals surface area contributed by atoms with Gasteiger partial charge in [0, 0.05) is 25.7 Å². The van der Waals surface area contributed by atoms with E-state index in [1.54, 1.807) is 0 Å². The lowest BCUT2D eigenvalue weighted by molar-refractivity contribution is -0.128. The average molecular weight is 302 g/mol. The Labute approximate surface area is 132 Å². The summed E-state index contributed by atoms with van der Waals surface area (Å²) in [5.41, 5.74) is 1.37. The first kappa shape index (κ1) is 15.5. The zero-order valence-corrected chi connectivity index (χ0v) is 13.5. The number of morpholine rings is 1. The Morgan fingerprint density at radius 3 is 2.82 bits per heavy atom. The van der Waals surface area contributed by atoms with Crippen LogP contribution in [0.5, 0.6) is 0 Å². The zero-order chi connectivity index (χ0) is 15.5. The molecule has 1 N–H and O–H groups in total. The number of ether oxygens (including phenoxy) is 1. The standard InChI is InChI=1S/C18H26N2O2/c1-13(2)19-18(21)16-10-15-11-20(12-17(16)22-15)9-8-14-6-4-3-5-7-14/h3-7,13,15-17H,8-12H2,1-2H3,(H,19,21)/t15-,16+,17+/m0/s1. The van der Waals surface area contributed by atoms with E-state index in [9.17, 15) is 4.79 Å². The molecule has 0 unspecified atom stereocenters. The van der Waals surface area contributed by atoms with Crippen molar-refractivity contribution in [1.82, 2.24) is 10.2 Å². The van der Waals surface area contributed by atoms with Crippen LogP contribution in [0.4, 0.5) is 0 Å². The molecule has 4 heteroatoms. The fourth-order valence-corrected chi connectivity index (χ4v) is 3.52. The molecule has 1 aromatic carbocycles. The van der Waals surface area contributed by atoms with E-state index in [1.165, 1.54) is 5.56 Å². The summed E-state index contributed by atoms with van der Waals surface area (Å²) in [6.07, 6.45) is 2.21. The Kier molecular flexibility index (Phi) is 4.79. The molecule has 0 aliphatic carbocycles. The van der Waals surface area contributed by atoms with Crippen LogP contribution in [0.2, 0.25) is 0 Å². The third-order valence-electron chi connectivity index (χ3n) is 4.56. The van der Waals surface area contributed by atoms with Crippen LogP contribution in [0, 0.1) is 5.92 Å². The lowest BCUT2D eigenvalue weighted by Gasteiger charge is -2.32. The summed E-state index contributed by atoms with van der Waals surface area (Å²) < 4.78 is 5.99. The highest BCUT2D eigenvalue weighted by Crippen LogP contribution is 2.32. The summed E-state index contributed by atoms with van der Waals surface area (Å²) in [5.74, 6) is 0.182. The molecule has 2 fully saturated rings. The number of benzene rings is 1. The summed E-state index contributed by atoms with van der Waals surface area (Å²) in [5, 5.41) is 3.03. The van der Waals surface area contributed by atoms with Gasteiger partial charge >= 0.3 is 0 Å². The third-order valence-corrected chi connectivity index (χ3v) is 4.56. The quantitative estimate of drug-likeness (QED) is 0.902. The van der Waals surface area contributed by atoms with Crippen molar-refractivity contribution < 1.29 is 9.53 Å². The molecule has 4 nitrogen and oxygen atoms in total. The van der Waals surface area contributed by atoms with Crippen LogP contribution in [0.25, 0.3) is 0 Å². The van der Waals surface area contributed by atoms with Gasteiger partial charge in [0.1, 0.15) is 0 Å². The van der Waals surface area contributed by atoms with E-state index in [1.807, 2.05) is 13.8 Å². The lowest BCUT2D eigenvalue weighted by Crippen LogP contribution is -2.46. The highest BCUT2D eigenvalue weighted by atomic mass is 16.5. The largest absolute Gasteiger partial charge is 0.371 e. The maximum absolute atomic E-state index is 12.3. The van der Waals surface area contributed by atoms with Gasteiger partial charge in [0.25, 0.3) is 0 Å². The summed E-state index contributed by atoms with van der Waals surface area (Å²) in [4.78, 5) is 14.7. The second-order valence-electron chi connectivity index (χ2n) is 6.80. The normalized spacial score (nSPS) is 28.0. The second-order valence-corrected chi connectivity index (χ2v) is 6.80. The molecule has 0 aromatic heterocycles. The molecule has 2 bridgehead atoms. The van der Waals surface area contributed by atoms with Gasteiger partial charge in [-0.15, -0.1) is 0 Å². The van der Waals surface area contributed by atoms with Gasteiger partial charge in [0.15, 0.2) is 0 Å². The summed E-state index contributed by atoms with van der Waals surface area (Å²) in [6, 6.07) is 10.8. The first-order valence-corrected chi connectivity index (χ1v) is 8.34. The Balaban J connectivity index is 1.53. The van der Waals surface area contributed by atoms with Gasteiger partial charge in [-0.25, -0.2) is 0 Å². The Morgan fingerprint density at radius 1 is 1.32 bits per heavy atom. The molecule has 0 saturated carbocycles. The lowest BCUT2D eigenvalue weighted by atomic mass is 9.99. The molecule has 2 aliphatic rings. The SMILES string of the molecule is CC(C)NC(=O)[C@@H]1C[C@H]2CN(CCc3ccccc3)C[C@H]1O2. The van der Waals surface area contributed by atoms with E-state index in [-0.39, 0.29) is 30.1 Å². The minimum atomic E-state index is 0.0223. The van der Waals surface area contributed by atoms with Crippen LogP contribution in [0.3, 0.4) is 0 Å². The maximum atomic E-state index is 12.3. The molecule has 0 radical (unpaired) electrons. The number of hydrogen-bond acceptors (Lipinski definition) is 3. The number of fused-ring (bicyclic) bond motifs is 2. The van der Waals surface area contributed by atoms with Crippen LogP contribution in [-0.2, 0) is 16.0 Å². The highest BCUT2D eigenvalue weighted by Gasteiger charge is 2.44. The maximum Gasteiger partial charge on any atom is 0.226 e. The molecule has 1 aromatic rings. The smallest absolute Gasteiger partial charge is 0.226 e. The van der Waals surface area contributed by atoms with Gasteiger partial charge in [-0.05, 0) is 32.3 Å². The third kappa shape index (κ3) is 3.68. The van der Waals surface area contributed by atoms with Crippen molar-refractivity contribution in [1.29, 1.82) is 0 Å². The Morgan fingerprint density at radius 2 is 2.09 bits per heavy atom.